The maximum atomic E-state index is 13.1. The Balaban J connectivity index is 2.27. The summed E-state index contributed by atoms with van der Waals surface area (Å²) in [4.78, 5) is 30.5. The minimum atomic E-state index is -1.15. The summed E-state index contributed by atoms with van der Waals surface area (Å²) in [6.45, 7) is 10.9. The highest BCUT2D eigenvalue weighted by molar-refractivity contribution is 7.09. The molecule has 5 atom stereocenters. The Morgan fingerprint density at radius 2 is 1.94 bits per heavy atom. The average Bonchev–Trinajstić information content (AvgIpc) is 3.16. The van der Waals surface area contributed by atoms with Gasteiger partial charge in [0.15, 0.2) is 0 Å². The minimum absolute atomic E-state index is 0.0269. The zero-order valence-electron chi connectivity index (χ0n) is 20.8. The Morgan fingerprint density at radius 1 is 1.24 bits per heavy atom. The van der Waals surface area contributed by atoms with Gasteiger partial charge in [0, 0.05) is 11.3 Å². The molecule has 3 N–H and O–H groups in total. The number of hydrogen-bond acceptors (Lipinski definition) is 6. The number of rotatable bonds is 2. The van der Waals surface area contributed by atoms with Crippen LogP contribution in [0.5, 0.6) is 0 Å². The fourth-order valence-corrected chi connectivity index (χ4v) is 4.87. The van der Waals surface area contributed by atoms with Crippen molar-refractivity contribution in [3.63, 3.8) is 0 Å². The number of aliphatic hydroxyl groups excluding tert-OH is 2. The third-order valence-electron chi connectivity index (χ3n) is 6.82. The van der Waals surface area contributed by atoms with Crippen molar-refractivity contribution in [1.29, 1.82) is 0 Å². The Bertz CT molecular complexity index is 873. The van der Waals surface area contributed by atoms with Crippen molar-refractivity contribution in [2.24, 2.45) is 17.3 Å². The molecule has 2 heterocycles. The summed E-state index contributed by atoms with van der Waals surface area (Å²) in [7, 11) is 0. The maximum Gasteiger partial charge on any atom is 0.223 e. The van der Waals surface area contributed by atoms with Crippen LogP contribution in [0.3, 0.4) is 0 Å². The van der Waals surface area contributed by atoms with Crippen LogP contribution in [0.25, 0.3) is 6.08 Å². The number of aryl methyl sites for hydroxylation is 1. The second kappa shape index (κ2) is 12.0. The molecule has 0 aliphatic carbocycles. The van der Waals surface area contributed by atoms with E-state index >= 15 is 0 Å². The van der Waals surface area contributed by atoms with Crippen LogP contribution in [-0.2, 0) is 9.59 Å². The van der Waals surface area contributed by atoms with Crippen LogP contribution in [0.1, 0.15) is 77.4 Å². The van der Waals surface area contributed by atoms with Gasteiger partial charge in [0.25, 0.3) is 0 Å². The van der Waals surface area contributed by atoms with Crippen LogP contribution in [0.2, 0.25) is 0 Å². The summed E-state index contributed by atoms with van der Waals surface area (Å²) in [5.74, 6) is -1.17. The van der Waals surface area contributed by atoms with Crippen molar-refractivity contribution in [2.45, 2.75) is 91.9 Å². The number of carbonyl (C=O) groups is 2. The Kier molecular flexibility index (Phi) is 10.0. The second-order valence-electron chi connectivity index (χ2n) is 10.0. The summed E-state index contributed by atoms with van der Waals surface area (Å²) in [5, 5.41) is 27.5. The maximum absolute atomic E-state index is 13.1. The van der Waals surface area contributed by atoms with Crippen LogP contribution in [0.4, 0.5) is 0 Å². The van der Waals surface area contributed by atoms with Crippen LogP contribution >= 0.6 is 11.3 Å². The van der Waals surface area contributed by atoms with E-state index in [9.17, 15) is 19.8 Å². The molecular weight excluding hydrogens is 436 g/mol. The van der Waals surface area contributed by atoms with Crippen molar-refractivity contribution >= 4 is 29.1 Å². The number of amides is 1. The molecule has 0 saturated carbocycles. The third-order valence-corrected chi connectivity index (χ3v) is 7.61. The molecule has 7 heteroatoms. The SMILES string of the molecule is CC(=Cc1csc(C)n1)C1C/C=C\CCCC(C)C(O)C(C)C(=O)C(C)(C)C(O)CC(=O)N1. The first-order valence-corrected chi connectivity index (χ1v) is 12.8. The molecule has 0 fully saturated rings. The molecule has 0 spiro atoms. The van der Waals surface area contributed by atoms with E-state index in [4.69, 9.17) is 0 Å². The summed E-state index contributed by atoms with van der Waals surface area (Å²) in [6, 6.07) is -0.227. The van der Waals surface area contributed by atoms with E-state index in [0.29, 0.717) is 6.42 Å². The summed E-state index contributed by atoms with van der Waals surface area (Å²) < 4.78 is 0. The third kappa shape index (κ3) is 7.59. The molecular formula is C26H40N2O4S. The molecule has 5 unspecified atom stereocenters. The summed E-state index contributed by atoms with van der Waals surface area (Å²) >= 11 is 1.58. The Labute approximate surface area is 202 Å². The lowest BCUT2D eigenvalue weighted by molar-refractivity contribution is -0.143. The fraction of sp³-hybridized carbons (Fsp3) is 0.654. The number of thiazole rings is 1. The number of aliphatic hydroxyl groups is 2. The average molecular weight is 477 g/mol. The van der Waals surface area contributed by atoms with Gasteiger partial charge < -0.3 is 15.5 Å². The molecule has 0 aromatic carbocycles. The highest BCUT2D eigenvalue weighted by atomic mass is 32.1. The van der Waals surface area contributed by atoms with Gasteiger partial charge in [-0.3, -0.25) is 9.59 Å². The van der Waals surface area contributed by atoms with Crippen molar-refractivity contribution in [2.75, 3.05) is 0 Å². The quantitative estimate of drug-likeness (QED) is 0.548. The van der Waals surface area contributed by atoms with Gasteiger partial charge >= 0.3 is 0 Å². The zero-order valence-corrected chi connectivity index (χ0v) is 21.6. The van der Waals surface area contributed by atoms with E-state index < -0.39 is 23.5 Å². The first-order chi connectivity index (χ1) is 15.4. The van der Waals surface area contributed by atoms with Crippen molar-refractivity contribution < 1.29 is 19.8 Å². The smallest absolute Gasteiger partial charge is 0.223 e. The molecule has 0 radical (unpaired) electrons. The number of hydrogen-bond donors (Lipinski definition) is 3. The van der Waals surface area contributed by atoms with Gasteiger partial charge in [-0.2, -0.15) is 0 Å². The van der Waals surface area contributed by atoms with Crippen LogP contribution in [-0.4, -0.2) is 45.1 Å². The van der Waals surface area contributed by atoms with Gasteiger partial charge in [-0.1, -0.05) is 39.8 Å². The van der Waals surface area contributed by atoms with E-state index in [0.717, 1.165) is 35.5 Å². The number of carbonyl (C=O) groups excluding carboxylic acids is 2. The molecule has 184 valence electrons. The zero-order chi connectivity index (χ0) is 24.8. The standard InChI is InChI=1S/C26H40N2O4S/c1-16-11-9-7-8-10-12-21(17(2)13-20-15-33-19(4)27-20)28-23(30)14-22(29)26(5,6)25(32)18(3)24(16)31/h8,10,13,15-16,18,21-22,24,29,31H,7,9,11-12,14H2,1-6H3,(H,28,30)/b10-8-,17-13?. The lowest BCUT2D eigenvalue weighted by Crippen LogP contribution is -2.47. The number of nitrogens with zero attached hydrogens (tertiary/aromatic N) is 1. The van der Waals surface area contributed by atoms with Crippen molar-refractivity contribution in [3.05, 3.63) is 33.8 Å². The molecule has 2 rings (SSSR count). The Hall–Kier alpha value is -1.83. The van der Waals surface area contributed by atoms with Gasteiger partial charge in [-0.15, -0.1) is 11.3 Å². The molecule has 1 aromatic rings. The molecule has 1 aliphatic rings. The fourth-order valence-electron chi connectivity index (χ4n) is 4.30. The second-order valence-corrected chi connectivity index (χ2v) is 11.1. The van der Waals surface area contributed by atoms with Gasteiger partial charge in [-0.05, 0) is 57.1 Å². The van der Waals surface area contributed by atoms with Crippen molar-refractivity contribution in [1.82, 2.24) is 10.3 Å². The van der Waals surface area contributed by atoms with Crippen LogP contribution in [0, 0.1) is 24.2 Å². The minimum Gasteiger partial charge on any atom is -0.392 e. The van der Waals surface area contributed by atoms with E-state index in [1.165, 1.54) is 0 Å². The topological polar surface area (TPSA) is 99.5 Å². The van der Waals surface area contributed by atoms with E-state index in [1.807, 2.05) is 32.2 Å². The number of Topliss-reactive ketones (excluding diaryl/α,β-unsaturated/α-hetero) is 1. The van der Waals surface area contributed by atoms with Crippen LogP contribution < -0.4 is 5.32 Å². The highest BCUT2D eigenvalue weighted by Crippen LogP contribution is 2.31. The lowest BCUT2D eigenvalue weighted by atomic mass is 9.73. The normalized spacial score (nSPS) is 31.8. The predicted octanol–water partition coefficient (Wildman–Crippen LogP) is 4.45. The van der Waals surface area contributed by atoms with E-state index in [1.54, 1.807) is 32.1 Å². The first kappa shape index (κ1) is 27.4. The first-order valence-electron chi connectivity index (χ1n) is 11.9. The van der Waals surface area contributed by atoms with E-state index in [2.05, 4.69) is 22.5 Å². The molecule has 0 bridgehead atoms. The molecule has 33 heavy (non-hydrogen) atoms. The number of ketones is 1. The molecule has 6 nitrogen and oxygen atoms in total. The monoisotopic (exact) mass is 476 g/mol. The number of allylic oxidation sites excluding steroid dienone is 1. The molecule has 1 amide bonds. The highest BCUT2D eigenvalue weighted by Gasteiger charge is 2.42. The molecule has 1 aliphatic heterocycles. The number of aromatic nitrogens is 1. The molecule has 0 saturated heterocycles. The van der Waals surface area contributed by atoms with E-state index in [-0.39, 0.29) is 30.1 Å². The van der Waals surface area contributed by atoms with Crippen LogP contribution in [0.15, 0.2) is 23.1 Å². The molecule has 1 aromatic heterocycles. The summed E-state index contributed by atoms with van der Waals surface area (Å²) in [5.41, 5.74) is 0.704. The van der Waals surface area contributed by atoms with Gasteiger partial charge in [-0.25, -0.2) is 4.98 Å². The van der Waals surface area contributed by atoms with Gasteiger partial charge in [0.1, 0.15) is 5.78 Å². The Morgan fingerprint density at radius 3 is 2.58 bits per heavy atom. The lowest BCUT2D eigenvalue weighted by Gasteiger charge is -2.34. The van der Waals surface area contributed by atoms with Gasteiger partial charge in [0.2, 0.25) is 5.91 Å². The van der Waals surface area contributed by atoms with Crippen molar-refractivity contribution in [3.8, 4) is 0 Å². The number of nitrogens with one attached hydrogen (secondary N) is 1. The largest absolute Gasteiger partial charge is 0.392 e. The summed E-state index contributed by atoms with van der Waals surface area (Å²) in [6.07, 6.45) is 7.29. The van der Waals surface area contributed by atoms with Gasteiger partial charge in [0.05, 0.1) is 40.8 Å². The predicted molar refractivity (Wildman–Crippen MR) is 134 cm³/mol.